The number of aryl methyl sites for hydroxylation is 2. The maximum absolute atomic E-state index is 14.5. The number of nitrogens with one attached hydrogen (secondary N) is 1. The number of rotatable bonds is 39. The molecule has 1 saturated heterocycles. The second-order valence-corrected chi connectivity index (χ2v) is 25.2. The van der Waals surface area contributed by atoms with Crippen molar-refractivity contribution in [2.24, 2.45) is 0 Å². The van der Waals surface area contributed by atoms with Gasteiger partial charge in [0, 0.05) is 25.2 Å². The fourth-order valence-electron chi connectivity index (χ4n) is 9.26. The van der Waals surface area contributed by atoms with E-state index in [1.54, 1.807) is 12.4 Å². The van der Waals surface area contributed by atoms with Gasteiger partial charge in [0.1, 0.15) is 18.2 Å². The molecule has 0 bridgehead atoms. The highest BCUT2D eigenvalue weighted by molar-refractivity contribution is 7.80. The Hall–Kier alpha value is -4.03. The summed E-state index contributed by atoms with van der Waals surface area (Å²) < 4.78 is 71.3. The molecule has 0 radical (unpaired) electrons. The molecule has 2 heterocycles. The number of nitrogens with zero attached hydrogens (tertiary/aromatic N) is 1. The number of carbonyl (C=O) groups excluding carboxylic acids is 3. The number of aromatic nitrogens is 1. The molecule has 0 saturated carbocycles. The average molecular weight is 1110 g/mol. The Balaban J connectivity index is 0.00000242. The maximum atomic E-state index is 14.5. The molecule has 2 N–H and O–H groups in total. The first-order valence-electron chi connectivity index (χ1n) is 29.3. The van der Waals surface area contributed by atoms with E-state index in [9.17, 15) is 27.4 Å². The summed E-state index contributed by atoms with van der Waals surface area (Å²) in [6.45, 7) is 11.3. The molecule has 1 fully saturated rings. The molecule has 77 heavy (non-hydrogen) atoms. The number of carbonyl (C=O) groups is 3. The average Bonchev–Trinajstić information content (AvgIpc) is 3.40. The van der Waals surface area contributed by atoms with Crippen LogP contribution >= 0.6 is 0 Å². The lowest BCUT2D eigenvalue weighted by molar-refractivity contribution is -0.254. The first-order valence-corrected chi connectivity index (χ1v) is 33.4. The van der Waals surface area contributed by atoms with Gasteiger partial charge in [-0.2, -0.15) is 8.42 Å². The second kappa shape index (κ2) is 40.2. The zero-order chi connectivity index (χ0) is 56.0. The molecule has 1 amide bonds. The molecular weight excluding hydrogens is 1010 g/mol. The summed E-state index contributed by atoms with van der Waals surface area (Å²) >= 11 is 0. The smallest absolute Gasteiger partial charge is 0.397 e. The highest BCUT2D eigenvalue weighted by Crippen LogP contribution is 2.31. The van der Waals surface area contributed by atoms with Crippen molar-refractivity contribution in [1.29, 1.82) is 0 Å². The van der Waals surface area contributed by atoms with Crippen LogP contribution in [0.25, 0.3) is 0 Å². The van der Waals surface area contributed by atoms with Gasteiger partial charge in [0.05, 0.1) is 12.2 Å². The molecule has 2 aromatic carbocycles. The van der Waals surface area contributed by atoms with Gasteiger partial charge in [0.2, 0.25) is 0 Å². The van der Waals surface area contributed by atoms with E-state index < -0.39 is 79.6 Å². The summed E-state index contributed by atoms with van der Waals surface area (Å²) in [6.07, 6.45) is 21.4. The summed E-state index contributed by atoms with van der Waals surface area (Å²) in [5, 5.41) is 2.93. The topological polar surface area (TPSA) is 186 Å². The Morgan fingerprint density at radius 2 is 1.12 bits per heavy atom. The van der Waals surface area contributed by atoms with E-state index in [1.807, 2.05) is 76.3 Å². The summed E-state index contributed by atoms with van der Waals surface area (Å²) in [5.41, 5.74) is 1.96. The molecule has 16 heteroatoms. The van der Waals surface area contributed by atoms with Gasteiger partial charge < -0.3 is 28.7 Å². The van der Waals surface area contributed by atoms with E-state index in [4.69, 9.17) is 27.6 Å². The highest BCUT2D eigenvalue weighted by atomic mass is 32.3. The number of pyridine rings is 1. The lowest BCUT2D eigenvalue weighted by Gasteiger charge is -2.46. The Labute approximate surface area is 465 Å². The van der Waals surface area contributed by atoms with Crippen molar-refractivity contribution >= 4 is 37.3 Å². The van der Waals surface area contributed by atoms with Crippen LogP contribution in [0.15, 0.2) is 91.3 Å². The molecule has 1 aliphatic rings. The van der Waals surface area contributed by atoms with Crippen molar-refractivity contribution in [3.63, 3.8) is 0 Å². The normalized spacial score (nSPS) is 18.0. The van der Waals surface area contributed by atoms with Crippen molar-refractivity contribution in [2.75, 3.05) is 6.61 Å². The fourth-order valence-corrected chi connectivity index (χ4v) is 10.5. The Kier molecular flexibility index (Phi) is 35.1. The molecule has 14 nitrogen and oxygen atoms in total. The van der Waals surface area contributed by atoms with Crippen molar-refractivity contribution in [1.82, 2.24) is 10.3 Å². The van der Waals surface area contributed by atoms with Crippen molar-refractivity contribution in [3.8, 4) is 0 Å². The minimum absolute atomic E-state index is 0.0287. The van der Waals surface area contributed by atoms with Crippen LogP contribution in [-0.2, 0) is 65.2 Å². The summed E-state index contributed by atoms with van der Waals surface area (Å²) in [7, 11) is -7.12. The zero-order valence-corrected chi connectivity index (χ0v) is 49.8. The van der Waals surface area contributed by atoms with Crippen LogP contribution in [0.1, 0.15) is 199 Å². The molecule has 0 spiro atoms. The first kappa shape index (κ1) is 67.2. The van der Waals surface area contributed by atoms with Crippen LogP contribution in [-0.4, -0.2) is 93.8 Å². The summed E-state index contributed by atoms with van der Waals surface area (Å²) in [5.74, 6) is -1.76. The Morgan fingerprint density at radius 1 is 0.649 bits per heavy atom. The number of hydrogen-bond donors (Lipinski definition) is 2. The fraction of sp³-hybridized carbons (Fsp3) is 0.672. The highest BCUT2D eigenvalue weighted by Gasteiger charge is 2.52. The molecule has 1 aliphatic heterocycles. The monoisotopic (exact) mass is 1110 g/mol. The van der Waals surface area contributed by atoms with Crippen LogP contribution in [0.3, 0.4) is 0 Å². The largest absolute Gasteiger partial charge is 0.457 e. The maximum Gasteiger partial charge on any atom is 0.397 e. The number of benzene rings is 2. The molecule has 2 unspecified atom stereocenters. The van der Waals surface area contributed by atoms with Crippen LogP contribution in [0, 0.1) is 0 Å². The van der Waals surface area contributed by atoms with E-state index in [0.29, 0.717) is 19.3 Å². The summed E-state index contributed by atoms with van der Waals surface area (Å²) in [4.78, 5) is 45.6. The van der Waals surface area contributed by atoms with Gasteiger partial charge in [-0.15, -0.1) is 0 Å². The quantitative estimate of drug-likeness (QED) is 0.0238. The predicted octanol–water partition coefficient (Wildman–Crippen LogP) is 13.4. The predicted molar refractivity (Wildman–Crippen MR) is 308 cm³/mol. The molecular formula is C61H98N2O12SSi. The van der Waals surface area contributed by atoms with E-state index in [0.717, 1.165) is 103 Å². The zero-order valence-electron chi connectivity index (χ0n) is 47.8. The van der Waals surface area contributed by atoms with E-state index >= 15 is 0 Å². The van der Waals surface area contributed by atoms with Crippen LogP contribution < -0.4 is 5.32 Å². The lowest BCUT2D eigenvalue weighted by Crippen LogP contribution is -2.68. The third kappa shape index (κ3) is 33.2. The summed E-state index contributed by atoms with van der Waals surface area (Å²) in [6, 6.07) is 25.3. The molecule has 1 aromatic heterocycles. The third-order valence-corrected chi connectivity index (χ3v) is 14.7. The molecule has 4 rings (SSSR count). The minimum atomic E-state index is -5.15. The second-order valence-electron chi connectivity index (χ2n) is 21.8. The van der Waals surface area contributed by atoms with Crippen molar-refractivity contribution < 1.29 is 54.9 Å². The first-order chi connectivity index (χ1) is 37.0. The number of unbranched alkanes of at least 4 members (excludes halogenated alkanes) is 19. The van der Waals surface area contributed by atoms with Gasteiger partial charge in [0.15, 0.2) is 27.5 Å². The molecule has 434 valence electrons. The lowest BCUT2D eigenvalue weighted by atomic mass is 9.95. The van der Waals surface area contributed by atoms with Gasteiger partial charge in [-0.1, -0.05) is 183 Å². The Morgan fingerprint density at radius 3 is 1.57 bits per heavy atom. The van der Waals surface area contributed by atoms with E-state index in [2.05, 4.69) is 53.6 Å². The van der Waals surface area contributed by atoms with E-state index in [-0.39, 0.29) is 25.9 Å². The number of ether oxygens (including phenoxy) is 4. The minimum Gasteiger partial charge on any atom is -0.457 e. The van der Waals surface area contributed by atoms with Crippen molar-refractivity contribution in [2.45, 2.75) is 256 Å². The van der Waals surface area contributed by atoms with Gasteiger partial charge in [-0.3, -0.25) is 23.9 Å². The number of esters is 2. The SMILES string of the molecule is CCCCCCCCCCCCC(OC(=O)CCCCCCCCc1ccccc1)C(=O)N[C@H]1C(O[SiH](C)C)O[C@H](COC(C)(C)C)[C@@H](OS(=O)(=O)O)[C@@H]1OC(=O)CCCCCCCCc1ccccc1.c1ccncc1. The molecule has 0 aliphatic carbocycles. The van der Waals surface area contributed by atoms with Gasteiger partial charge in [-0.05, 0) is 108 Å². The van der Waals surface area contributed by atoms with Crippen LogP contribution in [0.4, 0.5) is 0 Å². The Bertz CT molecular complexity index is 2050. The molecule has 6 atom stereocenters. The number of amides is 1. The standard InChI is InChI=1S/C56H93NO12SSi.C5H5N/c1-7-8-9-10-11-12-13-14-21-32-41-47(65-49(58)42-33-22-17-15-19-26-35-45-37-28-24-29-38-45)54(60)57-51-53(67-50(59)43-34-23-18-16-20-27-36-46-39-30-25-31-40-46)52(68-70(61,62)63)48(44-64-56(2,3)4)66-55(51)69-71(5)6;1-2-4-6-5-3-1/h24-25,28-31,37-40,47-48,51-53,55,71H,7-23,26-27,32-36,41-44H2,1-6H3,(H,57,60)(H,61,62,63);1-5H/t47?,48-,51-,52-,53-,55?;/m1./s1. The van der Waals surface area contributed by atoms with Gasteiger partial charge in [-0.25, -0.2) is 4.18 Å². The third-order valence-electron chi connectivity index (χ3n) is 13.4. The van der Waals surface area contributed by atoms with Crippen LogP contribution in [0.5, 0.6) is 0 Å². The van der Waals surface area contributed by atoms with Crippen LogP contribution in [0.2, 0.25) is 13.1 Å². The molecule has 3 aromatic rings. The van der Waals surface area contributed by atoms with Gasteiger partial charge in [0.25, 0.3) is 5.91 Å². The van der Waals surface area contributed by atoms with Gasteiger partial charge >= 0.3 is 22.3 Å². The van der Waals surface area contributed by atoms with E-state index in [1.165, 1.54) is 43.2 Å². The number of hydrogen-bond acceptors (Lipinski definition) is 12. The van der Waals surface area contributed by atoms with Crippen molar-refractivity contribution in [3.05, 3.63) is 102 Å².